The Hall–Kier alpha value is -3.41. The van der Waals surface area contributed by atoms with E-state index in [1.54, 1.807) is 10.9 Å². The van der Waals surface area contributed by atoms with Crippen LogP contribution in [0.5, 0.6) is 0 Å². The molecule has 1 atom stereocenters. The fourth-order valence-corrected chi connectivity index (χ4v) is 3.26. The molecule has 28 heavy (non-hydrogen) atoms. The zero-order chi connectivity index (χ0) is 19.7. The quantitative estimate of drug-likeness (QED) is 0.558. The Morgan fingerprint density at radius 1 is 1.21 bits per heavy atom. The SMILES string of the molecule is CCn1ncc2c(C(=O)NC(C)c3ccc(C)o3)cc(-c3ccccc3)nc21. The Labute approximate surface area is 163 Å². The van der Waals surface area contributed by atoms with Crippen LogP contribution in [0, 0.1) is 6.92 Å². The van der Waals surface area contributed by atoms with Crippen molar-refractivity contribution in [2.24, 2.45) is 0 Å². The van der Waals surface area contributed by atoms with Gasteiger partial charge in [-0.2, -0.15) is 5.10 Å². The minimum atomic E-state index is -0.245. The van der Waals surface area contributed by atoms with Crippen LogP contribution < -0.4 is 5.32 Å². The van der Waals surface area contributed by atoms with Crippen LogP contribution in [-0.2, 0) is 6.54 Å². The van der Waals surface area contributed by atoms with E-state index in [1.807, 2.05) is 69.3 Å². The van der Waals surface area contributed by atoms with Gasteiger partial charge in [-0.3, -0.25) is 4.79 Å². The molecule has 0 saturated carbocycles. The Balaban J connectivity index is 1.76. The topological polar surface area (TPSA) is 73.0 Å². The first-order valence-electron chi connectivity index (χ1n) is 9.36. The molecule has 142 valence electrons. The summed E-state index contributed by atoms with van der Waals surface area (Å²) in [6, 6.07) is 15.2. The number of carbonyl (C=O) groups excluding carboxylic acids is 1. The highest BCUT2D eigenvalue weighted by atomic mass is 16.3. The zero-order valence-electron chi connectivity index (χ0n) is 16.1. The Kier molecular flexibility index (Phi) is 4.69. The van der Waals surface area contributed by atoms with E-state index in [4.69, 9.17) is 9.40 Å². The van der Waals surface area contributed by atoms with Gasteiger partial charge in [0.15, 0.2) is 5.65 Å². The van der Waals surface area contributed by atoms with Crippen molar-refractivity contribution in [2.75, 3.05) is 0 Å². The molecule has 1 unspecified atom stereocenters. The molecule has 0 spiro atoms. The van der Waals surface area contributed by atoms with E-state index in [9.17, 15) is 4.79 Å². The van der Waals surface area contributed by atoms with Crippen LogP contribution in [0.1, 0.15) is 41.8 Å². The third-order valence-corrected chi connectivity index (χ3v) is 4.76. The first-order valence-corrected chi connectivity index (χ1v) is 9.36. The highest BCUT2D eigenvalue weighted by Crippen LogP contribution is 2.26. The second-order valence-corrected chi connectivity index (χ2v) is 6.76. The molecule has 0 aliphatic carbocycles. The molecule has 0 fully saturated rings. The fraction of sp³-hybridized carbons (Fsp3) is 0.227. The number of carbonyl (C=O) groups is 1. The van der Waals surface area contributed by atoms with E-state index in [1.165, 1.54) is 0 Å². The number of aryl methyl sites for hydroxylation is 2. The molecule has 0 aliphatic rings. The number of nitrogens with zero attached hydrogens (tertiary/aromatic N) is 3. The molecule has 6 heteroatoms. The summed E-state index contributed by atoms with van der Waals surface area (Å²) in [6.45, 7) is 6.47. The zero-order valence-corrected chi connectivity index (χ0v) is 16.1. The second-order valence-electron chi connectivity index (χ2n) is 6.76. The maximum atomic E-state index is 13.1. The van der Waals surface area contributed by atoms with Crippen molar-refractivity contribution in [3.8, 4) is 11.3 Å². The Morgan fingerprint density at radius 3 is 2.68 bits per heavy atom. The first kappa shape index (κ1) is 18.0. The minimum Gasteiger partial charge on any atom is -0.464 e. The highest BCUT2D eigenvalue weighted by molar-refractivity contribution is 6.06. The van der Waals surface area contributed by atoms with Crippen LogP contribution in [0.3, 0.4) is 0 Å². The standard InChI is InChI=1S/C22H22N4O2/c1-4-26-21-18(13-23-26)17(12-19(25-21)16-8-6-5-7-9-16)22(27)24-15(3)20-11-10-14(2)28-20/h5-13,15H,4H2,1-3H3,(H,24,27). The van der Waals surface area contributed by atoms with Gasteiger partial charge in [-0.05, 0) is 39.0 Å². The van der Waals surface area contributed by atoms with Gasteiger partial charge >= 0.3 is 0 Å². The van der Waals surface area contributed by atoms with Gasteiger partial charge in [0.05, 0.1) is 28.9 Å². The van der Waals surface area contributed by atoms with E-state index in [-0.39, 0.29) is 11.9 Å². The van der Waals surface area contributed by atoms with E-state index in [0.717, 1.165) is 28.2 Å². The summed E-state index contributed by atoms with van der Waals surface area (Å²) in [5, 5.41) is 8.15. The van der Waals surface area contributed by atoms with Crippen LogP contribution in [0.25, 0.3) is 22.3 Å². The third-order valence-electron chi connectivity index (χ3n) is 4.76. The Morgan fingerprint density at radius 2 is 2.00 bits per heavy atom. The Bertz CT molecular complexity index is 1130. The molecule has 1 N–H and O–H groups in total. The van der Waals surface area contributed by atoms with Crippen molar-refractivity contribution in [2.45, 2.75) is 33.4 Å². The molecule has 0 saturated heterocycles. The summed E-state index contributed by atoms with van der Waals surface area (Å²) in [6.07, 6.45) is 1.71. The highest BCUT2D eigenvalue weighted by Gasteiger charge is 2.20. The number of nitrogens with one attached hydrogen (secondary N) is 1. The summed E-state index contributed by atoms with van der Waals surface area (Å²) in [4.78, 5) is 17.9. The number of furan rings is 1. The molecule has 3 heterocycles. The fourth-order valence-electron chi connectivity index (χ4n) is 3.26. The van der Waals surface area contributed by atoms with E-state index in [0.29, 0.717) is 17.8 Å². The van der Waals surface area contributed by atoms with E-state index in [2.05, 4.69) is 10.4 Å². The normalized spacial score (nSPS) is 12.2. The number of hydrogen-bond acceptors (Lipinski definition) is 4. The van der Waals surface area contributed by atoms with Crippen LogP contribution in [0.2, 0.25) is 0 Å². The minimum absolute atomic E-state index is 0.179. The van der Waals surface area contributed by atoms with Crippen molar-refractivity contribution < 1.29 is 9.21 Å². The van der Waals surface area contributed by atoms with Crippen LogP contribution in [0.15, 0.2) is 59.1 Å². The predicted molar refractivity (Wildman–Crippen MR) is 108 cm³/mol. The van der Waals surface area contributed by atoms with Gasteiger partial charge in [-0.15, -0.1) is 0 Å². The van der Waals surface area contributed by atoms with Gasteiger partial charge in [0, 0.05) is 12.1 Å². The van der Waals surface area contributed by atoms with Crippen molar-refractivity contribution >= 4 is 16.9 Å². The average Bonchev–Trinajstić information content (AvgIpc) is 3.33. The molecular weight excluding hydrogens is 352 g/mol. The maximum absolute atomic E-state index is 13.1. The lowest BCUT2D eigenvalue weighted by atomic mass is 10.1. The average molecular weight is 374 g/mol. The molecule has 0 radical (unpaired) electrons. The monoisotopic (exact) mass is 374 g/mol. The van der Waals surface area contributed by atoms with Gasteiger partial charge < -0.3 is 9.73 Å². The molecule has 1 amide bonds. The second kappa shape index (κ2) is 7.31. The largest absolute Gasteiger partial charge is 0.464 e. The molecular formula is C22H22N4O2. The number of hydrogen-bond donors (Lipinski definition) is 1. The summed E-state index contributed by atoms with van der Waals surface area (Å²) >= 11 is 0. The van der Waals surface area contributed by atoms with E-state index < -0.39 is 0 Å². The van der Waals surface area contributed by atoms with Crippen molar-refractivity contribution in [1.82, 2.24) is 20.1 Å². The molecule has 3 aromatic heterocycles. The smallest absolute Gasteiger partial charge is 0.252 e. The number of pyridine rings is 1. The number of amides is 1. The van der Waals surface area contributed by atoms with Crippen molar-refractivity contribution in [3.05, 3.63) is 71.8 Å². The predicted octanol–water partition coefficient (Wildman–Crippen LogP) is 4.51. The van der Waals surface area contributed by atoms with Crippen LogP contribution >= 0.6 is 0 Å². The van der Waals surface area contributed by atoms with Gasteiger partial charge in [-0.1, -0.05) is 30.3 Å². The maximum Gasteiger partial charge on any atom is 0.252 e. The number of benzene rings is 1. The molecule has 1 aromatic carbocycles. The third kappa shape index (κ3) is 3.29. The lowest BCUT2D eigenvalue weighted by Crippen LogP contribution is -2.26. The molecule has 4 rings (SSSR count). The number of rotatable bonds is 5. The van der Waals surface area contributed by atoms with Crippen molar-refractivity contribution in [3.63, 3.8) is 0 Å². The summed E-state index contributed by atoms with van der Waals surface area (Å²) in [7, 11) is 0. The number of fused-ring (bicyclic) bond motifs is 1. The summed E-state index contributed by atoms with van der Waals surface area (Å²) in [5.74, 6) is 1.36. The van der Waals surface area contributed by atoms with Crippen molar-refractivity contribution in [1.29, 1.82) is 0 Å². The molecule has 6 nitrogen and oxygen atoms in total. The van der Waals surface area contributed by atoms with Gasteiger partial charge in [0.1, 0.15) is 11.5 Å². The summed E-state index contributed by atoms with van der Waals surface area (Å²) in [5.41, 5.74) is 2.96. The van der Waals surface area contributed by atoms with E-state index >= 15 is 0 Å². The lowest BCUT2D eigenvalue weighted by Gasteiger charge is -2.13. The van der Waals surface area contributed by atoms with Gasteiger partial charge in [0.2, 0.25) is 0 Å². The first-order chi connectivity index (χ1) is 13.6. The lowest BCUT2D eigenvalue weighted by molar-refractivity contribution is 0.0936. The molecule has 0 bridgehead atoms. The van der Waals surface area contributed by atoms with Crippen LogP contribution in [-0.4, -0.2) is 20.7 Å². The van der Waals surface area contributed by atoms with Crippen LogP contribution in [0.4, 0.5) is 0 Å². The number of aromatic nitrogens is 3. The summed E-state index contributed by atoms with van der Waals surface area (Å²) < 4.78 is 7.44. The molecule has 4 aromatic rings. The van der Waals surface area contributed by atoms with Gasteiger partial charge in [-0.25, -0.2) is 9.67 Å². The molecule has 0 aliphatic heterocycles. The van der Waals surface area contributed by atoms with Gasteiger partial charge in [0.25, 0.3) is 5.91 Å².